The largest absolute Gasteiger partial charge is 0.444 e. The van der Waals surface area contributed by atoms with Crippen LogP contribution in [0.3, 0.4) is 0 Å². The molecule has 1 amide bonds. The van der Waals surface area contributed by atoms with E-state index in [-0.39, 0.29) is 22.6 Å². The summed E-state index contributed by atoms with van der Waals surface area (Å²) in [5.74, 6) is 0. The van der Waals surface area contributed by atoms with Crippen LogP contribution in [0.25, 0.3) is 11.3 Å². The van der Waals surface area contributed by atoms with E-state index >= 15 is 0 Å². The second-order valence-electron chi connectivity index (χ2n) is 10.3. The number of aromatic nitrogens is 3. The molecule has 9 heteroatoms. The van der Waals surface area contributed by atoms with E-state index < -0.39 is 11.7 Å². The van der Waals surface area contributed by atoms with E-state index in [1.165, 1.54) is 16.8 Å². The molecule has 2 heterocycles. The zero-order chi connectivity index (χ0) is 25.9. The van der Waals surface area contributed by atoms with Crippen LogP contribution in [0.1, 0.15) is 58.1 Å². The Bertz CT molecular complexity index is 1350. The summed E-state index contributed by atoms with van der Waals surface area (Å²) in [7, 11) is 0. The van der Waals surface area contributed by atoms with Crippen molar-refractivity contribution in [1.29, 1.82) is 0 Å². The monoisotopic (exact) mass is 510 g/mol. The van der Waals surface area contributed by atoms with E-state index in [9.17, 15) is 14.4 Å². The molecule has 0 saturated heterocycles. The van der Waals surface area contributed by atoms with Gasteiger partial charge in [0.2, 0.25) is 5.56 Å². The Morgan fingerprint density at radius 1 is 1.17 bits per heavy atom. The number of rotatable bonds is 5. The quantitative estimate of drug-likeness (QED) is 0.511. The van der Waals surface area contributed by atoms with Gasteiger partial charge in [-0.05, 0) is 76.3 Å². The Morgan fingerprint density at radius 3 is 2.58 bits per heavy atom. The van der Waals surface area contributed by atoms with Crippen LogP contribution in [-0.4, -0.2) is 33.0 Å². The molecule has 1 aromatic carbocycles. The van der Waals surface area contributed by atoms with Crippen LogP contribution < -0.4 is 16.4 Å². The second kappa shape index (κ2) is 10.3. The Hall–Kier alpha value is -3.39. The van der Waals surface area contributed by atoms with Gasteiger partial charge in [0.05, 0.1) is 11.7 Å². The maximum absolute atomic E-state index is 12.7. The minimum absolute atomic E-state index is 0.103. The van der Waals surface area contributed by atoms with Gasteiger partial charge in [-0.1, -0.05) is 23.7 Å². The highest BCUT2D eigenvalue weighted by Gasteiger charge is 2.38. The topological polar surface area (TPSA) is 106 Å². The third-order valence-corrected chi connectivity index (χ3v) is 6.80. The van der Waals surface area contributed by atoms with Crippen LogP contribution in [0, 0.1) is 0 Å². The average molecular weight is 511 g/mol. The molecular formula is C27H31ClN4O4. The Labute approximate surface area is 214 Å². The van der Waals surface area contributed by atoms with E-state index in [1.54, 1.807) is 18.3 Å². The molecule has 2 N–H and O–H groups in total. The molecule has 0 radical (unpaired) electrons. The van der Waals surface area contributed by atoms with Crippen LogP contribution in [0.5, 0.6) is 0 Å². The molecule has 1 aliphatic rings. The molecule has 190 valence electrons. The first kappa shape index (κ1) is 25.7. The van der Waals surface area contributed by atoms with Gasteiger partial charge in [0.15, 0.2) is 0 Å². The molecule has 36 heavy (non-hydrogen) atoms. The summed E-state index contributed by atoms with van der Waals surface area (Å²) >= 11 is 6.32. The van der Waals surface area contributed by atoms with E-state index in [0.29, 0.717) is 35.7 Å². The van der Waals surface area contributed by atoms with Crippen molar-refractivity contribution in [3.63, 3.8) is 0 Å². The molecule has 0 aliphatic heterocycles. The highest BCUT2D eigenvalue weighted by molar-refractivity contribution is 6.30. The lowest BCUT2D eigenvalue weighted by atomic mass is 9.68. The zero-order valence-electron chi connectivity index (χ0n) is 20.7. The van der Waals surface area contributed by atoms with Crippen LogP contribution in [-0.2, 0) is 10.2 Å². The average Bonchev–Trinajstić information content (AvgIpc) is 2.82. The first-order valence-electron chi connectivity index (χ1n) is 12.1. The fourth-order valence-corrected chi connectivity index (χ4v) is 4.98. The molecule has 1 aliphatic carbocycles. The van der Waals surface area contributed by atoms with Crippen LogP contribution in [0.15, 0.2) is 64.3 Å². The van der Waals surface area contributed by atoms with Crippen molar-refractivity contribution < 1.29 is 9.53 Å². The number of nitrogens with zero attached hydrogens (tertiary/aromatic N) is 2. The van der Waals surface area contributed by atoms with Gasteiger partial charge < -0.3 is 15.0 Å². The molecular weight excluding hydrogens is 480 g/mol. The van der Waals surface area contributed by atoms with Gasteiger partial charge in [0, 0.05) is 40.9 Å². The summed E-state index contributed by atoms with van der Waals surface area (Å²) in [5, 5.41) is 8.18. The van der Waals surface area contributed by atoms with Crippen molar-refractivity contribution in [1.82, 2.24) is 20.1 Å². The highest BCUT2D eigenvalue weighted by atomic mass is 35.5. The number of aromatic amines is 1. The zero-order valence-corrected chi connectivity index (χ0v) is 21.5. The number of amides is 1. The smallest absolute Gasteiger partial charge is 0.407 e. The van der Waals surface area contributed by atoms with Gasteiger partial charge in [-0.3, -0.25) is 9.59 Å². The summed E-state index contributed by atoms with van der Waals surface area (Å²) in [6, 6.07) is 14.0. The molecule has 0 atom stereocenters. The molecule has 0 spiro atoms. The molecule has 0 unspecified atom stereocenters. The Morgan fingerprint density at radius 2 is 1.92 bits per heavy atom. The summed E-state index contributed by atoms with van der Waals surface area (Å²) in [6.07, 6.45) is 3.91. The fourth-order valence-electron chi connectivity index (χ4n) is 4.79. The van der Waals surface area contributed by atoms with Crippen molar-refractivity contribution in [2.24, 2.45) is 0 Å². The van der Waals surface area contributed by atoms with E-state index in [2.05, 4.69) is 15.4 Å². The summed E-state index contributed by atoms with van der Waals surface area (Å²) in [6.45, 7) is 5.88. The van der Waals surface area contributed by atoms with Gasteiger partial charge in [-0.15, -0.1) is 0 Å². The number of H-pyrrole nitrogens is 1. The summed E-state index contributed by atoms with van der Waals surface area (Å²) in [4.78, 5) is 39.5. The maximum atomic E-state index is 12.7. The van der Waals surface area contributed by atoms with Gasteiger partial charge >= 0.3 is 6.09 Å². The number of carbonyl (C=O) groups is 1. The second-order valence-corrected chi connectivity index (χ2v) is 10.8. The molecule has 4 rings (SSSR count). The SMILES string of the molecule is CC(C)(C)OC(=O)NCC1(c2cccc(Cl)c2)CCC(n2nc(-c3cc[nH]c(=O)c3)ccc2=O)CC1. The summed E-state index contributed by atoms with van der Waals surface area (Å²) < 4.78 is 6.97. The lowest BCUT2D eigenvalue weighted by Gasteiger charge is -2.41. The van der Waals surface area contributed by atoms with Crippen molar-refractivity contribution in [3.8, 4) is 11.3 Å². The van der Waals surface area contributed by atoms with Crippen LogP contribution in [0.2, 0.25) is 5.02 Å². The predicted molar refractivity (Wildman–Crippen MR) is 139 cm³/mol. The van der Waals surface area contributed by atoms with Crippen molar-refractivity contribution in [2.45, 2.75) is 63.5 Å². The first-order valence-corrected chi connectivity index (χ1v) is 12.4. The number of ether oxygens (including phenoxy) is 1. The van der Waals surface area contributed by atoms with Crippen molar-refractivity contribution >= 4 is 17.7 Å². The fraction of sp³-hybridized carbons (Fsp3) is 0.407. The van der Waals surface area contributed by atoms with E-state index in [0.717, 1.165) is 18.4 Å². The standard InChI is InChI=1S/C27H31ClN4O4/c1-26(2,3)36-25(35)30-17-27(19-5-4-6-20(28)16-19)12-9-21(10-13-27)32-24(34)8-7-22(31-32)18-11-14-29-23(33)15-18/h4-8,11,14-16,21H,9-10,12-13,17H2,1-3H3,(H,29,33)(H,30,35). The van der Waals surface area contributed by atoms with Crippen molar-refractivity contribution in [3.05, 3.63) is 86.0 Å². The number of benzene rings is 1. The predicted octanol–water partition coefficient (Wildman–Crippen LogP) is 4.83. The Kier molecular flexibility index (Phi) is 7.36. The van der Waals surface area contributed by atoms with Gasteiger partial charge in [-0.2, -0.15) is 5.10 Å². The van der Waals surface area contributed by atoms with E-state index in [1.807, 2.05) is 45.0 Å². The lowest BCUT2D eigenvalue weighted by Crippen LogP contribution is -2.45. The minimum atomic E-state index is -0.591. The normalized spacial score (nSPS) is 20.1. The maximum Gasteiger partial charge on any atom is 0.407 e. The molecule has 3 aromatic rings. The van der Waals surface area contributed by atoms with Crippen LogP contribution >= 0.6 is 11.6 Å². The number of carbonyl (C=O) groups excluding carboxylic acids is 1. The van der Waals surface area contributed by atoms with Crippen molar-refractivity contribution in [2.75, 3.05) is 6.54 Å². The number of nitrogens with one attached hydrogen (secondary N) is 2. The minimum Gasteiger partial charge on any atom is -0.444 e. The van der Waals surface area contributed by atoms with E-state index in [4.69, 9.17) is 16.3 Å². The number of hydrogen-bond donors (Lipinski definition) is 2. The molecule has 8 nitrogen and oxygen atoms in total. The molecule has 2 aromatic heterocycles. The third-order valence-electron chi connectivity index (χ3n) is 6.56. The first-order chi connectivity index (χ1) is 17.0. The van der Waals surface area contributed by atoms with Gasteiger partial charge in [0.1, 0.15) is 5.60 Å². The third kappa shape index (κ3) is 6.05. The molecule has 1 fully saturated rings. The number of pyridine rings is 1. The number of hydrogen-bond acceptors (Lipinski definition) is 5. The Balaban J connectivity index is 1.57. The molecule has 1 saturated carbocycles. The molecule has 0 bridgehead atoms. The summed E-state index contributed by atoms with van der Waals surface area (Å²) in [5.41, 5.74) is 0.905. The van der Waals surface area contributed by atoms with Crippen LogP contribution in [0.4, 0.5) is 4.79 Å². The van der Waals surface area contributed by atoms with Gasteiger partial charge in [-0.25, -0.2) is 9.48 Å². The number of alkyl carbamates (subject to hydrolysis) is 1. The lowest BCUT2D eigenvalue weighted by molar-refractivity contribution is 0.0504. The van der Waals surface area contributed by atoms with Gasteiger partial charge in [0.25, 0.3) is 5.56 Å². The number of halogens is 1. The highest BCUT2D eigenvalue weighted by Crippen LogP contribution is 2.43.